The van der Waals surface area contributed by atoms with Crippen molar-refractivity contribution in [2.24, 2.45) is 0 Å². The Kier molecular flexibility index (Phi) is 7.39. The molecule has 1 atom stereocenters. The van der Waals surface area contributed by atoms with Crippen LogP contribution in [-0.2, 0) is 21.3 Å². The molecule has 2 N–H and O–H groups in total. The predicted molar refractivity (Wildman–Crippen MR) is 85.5 cm³/mol. The highest BCUT2D eigenvalue weighted by atomic mass is 35.5. The van der Waals surface area contributed by atoms with E-state index >= 15 is 0 Å². The first-order valence-corrected chi connectivity index (χ1v) is 8.79. The Morgan fingerprint density at radius 2 is 2.00 bits per heavy atom. The summed E-state index contributed by atoms with van der Waals surface area (Å²) >= 11 is 12.1. The van der Waals surface area contributed by atoms with E-state index in [1.54, 1.807) is 20.0 Å². The first-order chi connectivity index (χ1) is 9.81. The summed E-state index contributed by atoms with van der Waals surface area (Å²) < 4.78 is 32.5. The van der Waals surface area contributed by atoms with Gasteiger partial charge in [0.25, 0.3) is 0 Å². The van der Waals surface area contributed by atoms with Gasteiger partial charge in [0.2, 0.25) is 10.0 Å². The van der Waals surface area contributed by atoms with E-state index in [-0.39, 0.29) is 22.6 Å². The Morgan fingerprint density at radius 1 is 1.33 bits per heavy atom. The Hall–Kier alpha value is -0.370. The van der Waals surface area contributed by atoms with Crippen LogP contribution in [0.2, 0.25) is 10.0 Å². The first-order valence-electron chi connectivity index (χ1n) is 6.55. The second kappa shape index (κ2) is 8.31. The van der Waals surface area contributed by atoms with Crippen LogP contribution in [0.1, 0.15) is 19.4 Å². The fourth-order valence-corrected chi connectivity index (χ4v) is 3.83. The zero-order chi connectivity index (χ0) is 16.0. The number of sulfonamides is 1. The van der Waals surface area contributed by atoms with Gasteiger partial charge in [0.1, 0.15) is 4.90 Å². The molecule has 1 unspecified atom stereocenters. The predicted octanol–water partition coefficient (Wildman–Crippen LogP) is 2.42. The Morgan fingerprint density at radius 3 is 2.57 bits per heavy atom. The molecule has 0 amide bonds. The summed E-state index contributed by atoms with van der Waals surface area (Å²) in [5, 5.41) is 3.41. The molecule has 1 aromatic carbocycles. The number of ether oxygens (including phenoxy) is 1. The van der Waals surface area contributed by atoms with Crippen molar-refractivity contribution in [3.63, 3.8) is 0 Å². The Labute approximate surface area is 136 Å². The van der Waals surface area contributed by atoms with Crippen LogP contribution >= 0.6 is 23.2 Å². The quantitative estimate of drug-likeness (QED) is 0.752. The molecule has 1 aromatic rings. The van der Waals surface area contributed by atoms with Crippen molar-refractivity contribution in [2.45, 2.75) is 31.4 Å². The first kappa shape index (κ1) is 18.7. The van der Waals surface area contributed by atoms with Crippen molar-refractivity contribution in [2.75, 3.05) is 20.2 Å². The molecule has 0 saturated carbocycles. The molecule has 5 nitrogen and oxygen atoms in total. The molecule has 120 valence electrons. The molecule has 0 fully saturated rings. The third kappa shape index (κ3) is 5.39. The lowest BCUT2D eigenvalue weighted by Crippen LogP contribution is -2.32. The molecule has 1 rings (SSSR count). The van der Waals surface area contributed by atoms with Gasteiger partial charge in [-0.15, -0.1) is 0 Å². The SMILES string of the molecule is CCOC(C)CNS(=O)(=O)c1cc(Cl)cc(CNC)c1Cl. The van der Waals surface area contributed by atoms with Crippen molar-refractivity contribution in [3.8, 4) is 0 Å². The number of rotatable bonds is 8. The molecule has 0 saturated heterocycles. The summed E-state index contributed by atoms with van der Waals surface area (Å²) in [6.07, 6.45) is -0.223. The third-order valence-corrected chi connectivity index (χ3v) is 4.97. The smallest absolute Gasteiger partial charge is 0.242 e. The second-order valence-electron chi connectivity index (χ2n) is 4.53. The molecule has 0 bridgehead atoms. The van der Waals surface area contributed by atoms with Gasteiger partial charge in [-0.05, 0) is 38.6 Å². The van der Waals surface area contributed by atoms with Crippen LogP contribution in [-0.4, -0.2) is 34.7 Å². The molecule has 0 aliphatic rings. The number of nitrogens with one attached hydrogen (secondary N) is 2. The summed E-state index contributed by atoms with van der Waals surface area (Å²) in [6, 6.07) is 2.99. The van der Waals surface area contributed by atoms with Gasteiger partial charge in [0.05, 0.1) is 11.1 Å². The number of benzene rings is 1. The van der Waals surface area contributed by atoms with Crippen molar-refractivity contribution >= 4 is 33.2 Å². The van der Waals surface area contributed by atoms with Gasteiger partial charge < -0.3 is 10.1 Å². The van der Waals surface area contributed by atoms with Gasteiger partial charge in [-0.2, -0.15) is 0 Å². The maximum Gasteiger partial charge on any atom is 0.242 e. The monoisotopic (exact) mass is 354 g/mol. The van der Waals surface area contributed by atoms with Crippen LogP contribution in [0.15, 0.2) is 17.0 Å². The Balaban J connectivity index is 3.02. The molecule has 0 aliphatic carbocycles. The lowest BCUT2D eigenvalue weighted by atomic mass is 10.2. The molecule has 8 heteroatoms. The number of hydrogen-bond donors (Lipinski definition) is 2. The zero-order valence-corrected chi connectivity index (χ0v) is 14.6. The van der Waals surface area contributed by atoms with Gasteiger partial charge in [0.15, 0.2) is 0 Å². The van der Waals surface area contributed by atoms with Crippen LogP contribution in [0.4, 0.5) is 0 Å². The second-order valence-corrected chi connectivity index (χ2v) is 7.07. The highest BCUT2D eigenvalue weighted by Crippen LogP contribution is 2.29. The molecule has 0 radical (unpaired) electrons. The maximum absolute atomic E-state index is 12.3. The lowest BCUT2D eigenvalue weighted by Gasteiger charge is -2.15. The summed E-state index contributed by atoms with van der Waals surface area (Å²) in [6.45, 7) is 4.76. The molecule has 0 aromatic heterocycles. The van der Waals surface area contributed by atoms with E-state index in [1.807, 2.05) is 6.92 Å². The van der Waals surface area contributed by atoms with E-state index in [2.05, 4.69) is 10.0 Å². The van der Waals surface area contributed by atoms with Crippen molar-refractivity contribution < 1.29 is 13.2 Å². The van der Waals surface area contributed by atoms with E-state index in [0.717, 1.165) is 0 Å². The van der Waals surface area contributed by atoms with E-state index in [9.17, 15) is 8.42 Å². The largest absolute Gasteiger partial charge is 0.377 e. The minimum absolute atomic E-state index is 0.0226. The van der Waals surface area contributed by atoms with Crippen LogP contribution in [0.3, 0.4) is 0 Å². The molecule has 0 heterocycles. The topological polar surface area (TPSA) is 67.4 Å². The molecule has 0 aliphatic heterocycles. The Bertz CT molecular complexity index is 579. The lowest BCUT2D eigenvalue weighted by molar-refractivity contribution is 0.0799. The van der Waals surface area contributed by atoms with Crippen LogP contribution in [0.5, 0.6) is 0 Å². The van der Waals surface area contributed by atoms with E-state index in [1.165, 1.54) is 6.07 Å². The fourth-order valence-electron chi connectivity index (χ4n) is 1.78. The fraction of sp³-hybridized carbons (Fsp3) is 0.538. The average molecular weight is 355 g/mol. The van der Waals surface area contributed by atoms with E-state index in [0.29, 0.717) is 23.7 Å². The average Bonchev–Trinajstić information content (AvgIpc) is 2.41. The standard InChI is InChI=1S/C13H20Cl2N2O3S/c1-4-20-9(2)7-17-21(18,19)12-6-11(14)5-10(8-16-3)13(12)15/h5-6,9,16-17H,4,7-8H2,1-3H3. The van der Waals surface area contributed by atoms with Gasteiger partial charge in [0, 0.05) is 24.7 Å². The summed E-state index contributed by atoms with van der Waals surface area (Å²) in [5.74, 6) is 0. The van der Waals surface area contributed by atoms with Crippen LogP contribution in [0, 0.1) is 0 Å². The zero-order valence-electron chi connectivity index (χ0n) is 12.2. The highest BCUT2D eigenvalue weighted by molar-refractivity contribution is 7.89. The summed E-state index contributed by atoms with van der Waals surface area (Å²) in [5.41, 5.74) is 0.630. The van der Waals surface area contributed by atoms with E-state index in [4.69, 9.17) is 27.9 Å². The van der Waals surface area contributed by atoms with Crippen LogP contribution in [0.25, 0.3) is 0 Å². The normalized spacial score (nSPS) is 13.4. The third-order valence-electron chi connectivity index (χ3n) is 2.75. The minimum atomic E-state index is -3.74. The maximum atomic E-state index is 12.3. The summed E-state index contributed by atoms with van der Waals surface area (Å²) in [4.78, 5) is -0.0226. The van der Waals surface area contributed by atoms with Gasteiger partial charge in [-0.1, -0.05) is 23.2 Å². The molecule has 0 spiro atoms. The number of halogens is 2. The minimum Gasteiger partial charge on any atom is -0.377 e. The van der Waals surface area contributed by atoms with Gasteiger partial charge >= 0.3 is 0 Å². The summed E-state index contributed by atoms with van der Waals surface area (Å²) in [7, 11) is -2.00. The van der Waals surface area contributed by atoms with Crippen LogP contribution < -0.4 is 10.0 Å². The molecular weight excluding hydrogens is 335 g/mol. The van der Waals surface area contributed by atoms with Crippen molar-refractivity contribution in [1.82, 2.24) is 10.0 Å². The van der Waals surface area contributed by atoms with E-state index < -0.39 is 10.0 Å². The van der Waals surface area contributed by atoms with Crippen molar-refractivity contribution in [1.29, 1.82) is 0 Å². The van der Waals surface area contributed by atoms with Gasteiger partial charge in [-0.3, -0.25) is 0 Å². The molecule has 21 heavy (non-hydrogen) atoms. The number of hydrogen-bond acceptors (Lipinski definition) is 4. The van der Waals surface area contributed by atoms with Gasteiger partial charge in [-0.25, -0.2) is 13.1 Å². The molecular formula is C13H20Cl2N2O3S. The highest BCUT2D eigenvalue weighted by Gasteiger charge is 2.21. The van der Waals surface area contributed by atoms with Crippen molar-refractivity contribution in [3.05, 3.63) is 27.7 Å².